The molecule has 0 aliphatic rings. The molecular weight excluding hydrogens is 268 g/mol. The van der Waals surface area contributed by atoms with Crippen molar-refractivity contribution < 1.29 is 14.3 Å². The van der Waals surface area contributed by atoms with Crippen molar-refractivity contribution in [2.75, 3.05) is 12.4 Å². The van der Waals surface area contributed by atoms with E-state index < -0.39 is 12.0 Å². The van der Waals surface area contributed by atoms with Crippen LogP contribution in [0.5, 0.6) is 0 Å². The van der Waals surface area contributed by atoms with Crippen LogP contribution in [0.4, 0.5) is 10.5 Å². The highest BCUT2D eigenvalue weighted by Gasteiger charge is 2.22. The number of carbonyl (C=O) groups is 2. The number of halogens is 1. The number of carbonyl (C=O) groups excluding carboxylic acids is 2. The van der Waals surface area contributed by atoms with E-state index >= 15 is 0 Å². The molecule has 104 valence electrons. The van der Waals surface area contributed by atoms with Crippen molar-refractivity contribution in [3.8, 4) is 0 Å². The molecule has 5 nitrogen and oxygen atoms in total. The summed E-state index contributed by atoms with van der Waals surface area (Å²) >= 11 is 5.79. The zero-order valence-electron chi connectivity index (χ0n) is 11.1. The molecule has 1 aromatic rings. The minimum atomic E-state index is -0.754. The van der Waals surface area contributed by atoms with Gasteiger partial charge in [0.2, 0.25) is 5.91 Å². The number of anilines is 1. The average Bonchev–Trinajstić information content (AvgIpc) is 2.40. The number of alkyl carbamates (subject to hydrolysis) is 1. The van der Waals surface area contributed by atoms with E-state index in [1.807, 2.05) is 19.1 Å². The largest absolute Gasteiger partial charge is 0.453 e. The van der Waals surface area contributed by atoms with Crippen molar-refractivity contribution in [3.05, 3.63) is 29.3 Å². The molecule has 0 fully saturated rings. The van der Waals surface area contributed by atoms with Crippen LogP contribution in [0.1, 0.15) is 13.8 Å². The molecule has 0 aromatic heterocycles. The van der Waals surface area contributed by atoms with Gasteiger partial charge >= 0.3 is 6.09 Å². The summed E-state index contributed by atoms with van der Waals surface area (Å²) in [7, 11) is 1.21. The Morgan fingerprint density at radius 1 is 1.21 bits per heavy atom. The third-order valence-corrected chi connectivity index (χ3v) is 3.06. The second kappa shape index (κ2) is 6.99. The van der Waals surface area contributed by atoms with Crippen LogP contribution in [0.15, 0.2) is 24.3 Å². The van der Waals surface area contributed by atoms with Crippen LogP contribution in [0, 0.1) is 5.92 Å². The predicted molar refractivity (Wildman–Crippen MR) is 74.2 cm³/mol. The molecule has 0 unspecified atom stereocenters. The van der Waals surface area contributed by atoms with Gasteiger partial charge in [0.15, 0.2) is 0 Å². The summed E-state index contributed by atoms with van der Waals surface area (Å²) in [4.78, 5) is 22.7. The van der Waals surface area contributed by atoms with Gasteiger partial charge in [-0.25, -0.2) is 4.79 Å². The first-order valence-corrected chi connectivity index (χ1v) is 6.22. The molecule has 2 N–H and O–H groups in total. The first-order chi connectivity index (χ1) is 8.93. The zero-order valence-corrected chi connectivity index (χ0v) is 11.8. The summed E-state index contributed by atoms with van der Waals surface area (Å²) < 4.78 is 4.38. The molecule has 19 heavy (non-hydrogen) atoms. The van der Waals surface area contributed by atoms with E-state index in [2.05, 4.69) is 15.4 Å². The summed E-state index contributed by atoms with van der Waals surface area (Å²) in [6.07, 6.45) is -0.754. The van der Waals surface area contributed by atoms with E-state index in [4.69, 9.17) is 11.6 Å². The molecule has 1 rings (SSSR count). The molecule has 2 amide bonds. The van der Waals surface area contributed by atoms with E-state index in [-0.39, 0.29) is 11.9 Å². The summed E-state index contributed by atoms with van der Waals surface area (Å²) in [6, 6.07) is 7.02. The summed E-state index contributed by atoms with van der Waals surface area (Å²) in [6.45, 7) is 3.59. The number of ether oxygens (including phenoxy) is 1. The van der Waals surface area contributed by atoms with Crippen molar-refractivity contribution >= 4 is 29.3 Å². The van der Waals surface area contributed by atoms with E-state index in [9.17, 15) is 9.59 Å². The molecule has 0 bridgehead atoms. The fourth-order valence-electron chi connectivity index (χ4n) is 1.43. The Hall–Kier alpha value is -1.75. The van der Waals surface area contributed by atoms with Gasteiger partial charge < -0.3 is 10.1 Å². The molecule has 0 saturated heterocycles. The van der Waals surface area contributed by atoms with E-state index in [0.717, 1.165) is 5.69 Å². The predicted octanol–water partition coefficient (Wildman–Crippen LogP) is 2.66. The van der Waals surface area contributed by atoms with E-state index in [0.29, 0.717) is 5.02 Å². The number of imide groups is 1. The highest BCUT2D eigenvalue weighted by molar-refractivity contribution is 6.30. The second-order valence-corrected chi connectivity index (χ2v) is 4.65. The number of methoxy groups -OCH3 is 1. The molecule has 0 aliphatic carbocycles. The molecule has 0 saturated carbocycles. The standard InChI is InChI=1S/C13H17ClN2O3/c1-8(12(17)16-13(18)19-3)9(2)15-11-6-4-10(14)5-7-11/h4-9,15H,1-3H3,(H,16,17,18)/t8-,9-/m0/s1. The summed E-state index contributed by atoms with van der Waals surface area (Å²) in [5.74, 6) is -0.782. The van der Waals surface area contributed by atoms with E-state index in [1.54, 1.807) is 19.1 Å². The third kappa shape index (κ3) is 4.79. The molecule has 2 atom stereocenters. The Morgan fingerprint density at radius 3 is 2.32 bits per heavy atom. The van der Waals surface area contributed by atoms with Crippen LogP contribution >= 0.6 is 11.6 Å². The topological polar surface area (TPSA) is 67.4 Å². The molecule has 0 aliphatic heterocycles. The van der Waals surface area contributed by atoms with Crippen molar-refractivity contribution in [2.45, 2.75) is 19.9 Å². The fourth-order valence-corrected chi connectivity index (χ4v) is 1.55. The van der Waals surface area contributed by atoms with Crippen LogP contribution in [0.2, 0.25) is 5.02 Å². The van der Waals surface area contributed by atoms with Gasteiger partial charge in [0.1, 0.15) is 0 Å². The van der Waals surface area contributed by atoms with Gasteiger partial charge in [0.25, 0.3) is 0 Å². The van der Waals surface area contributed by atoms with Gasteiger partial charge in [-0.3, -0.25) is 10.1 Å². The Labute approximate surface area is 117 Å². The Morgan fingerprint density at radius 2 is 1.79 bits per heavy atom. The quantitative estimate of drug-likeness (QED) is 0.892. The lowest BCUT2D eigenvalue weighted by Gasteiger charge is -2.21. The van der Waals surface area contributed by atoms with Crippen molar-refractivity contribution in [3.63, 3.8) is 0 Å². The second-order valence-electron chi connectivity index (χ2n) is 4.21. The number of rotatable bonds is 4. The van der Waals surface area contributed by atoms with Crippen molar-refractivity contribution in [2.24, 2.45) is 5.92 Å². The van der Waals surface area contributed by atoms with Crippen LogP contribution in [0.3, 0.4) is 0 Å². The lowest BCUT2D eigenvalue weighted by Crippen LogP contribution is -2.40. The highest BCUT2D eigenvalue weighted by atomic mass is 35.5. The minimum absolute atomic E-state index is 0.147. The van der Waals surface area contributed by atoms with Gasteiger partial charge in [-0.2, -0.15) is 0 Å². The molecule has 0 radical (unpaired) electrons. The van der Waals surface area contributed by atoms with Gasteiger partial charge in [0.05, 0.1) is 13.0 Å². The van der Waals surface area contributed by atoms with Crippen LogP contribution in [-0.2, 0) is 9.53 Å². The van der Waals surface area contributed by atoms with Gasteiger partial charge in [-0.05, 0) is 31.2 Å². The Kier molecular flexibility index (Phi) is 5.63. The maximum Gasteiger partial charge on any atom is 0.413 e. The van der Waals surface area contributed by atoms with Crippen molar-refractivity contribution in [1.82, 2.24) is 5.32 Å². The lowest BCUT2D eigenvalue weighted by molar-refractivity contribution is -0.124. The highest BCUT2D eigenvalue weighted by Crippen LogP contribution is 2.16. The van der Waals surface area contributed by atoms with Gasteiger partial charge in [0, 0.05) is 16.8 Å². The maximum atomic E-state index is 11.7. The number of amides is 2. The van der Waals surface area contributed by atoms with Crippen LogP contribution in [-0.4, -0.2) is 25.2 Å². The number of hydrogen-bond acceptors (Lipinski definition) is 4. The van der Waals surface area contributed by atoms with Crippen LogP contribution in [0.25, 0.3) is 0 Å². The molecule has 6 heteroatoms. The molecule has 0 heterocycles. The Balaban J connectivity index is 2.56. The SMILES string of the molecule is COC(=O)NC(=O)[C@@H](C)[C@H](C)Nc1ccc(Cl)cc1. The third-order valence-electron chi connectivity index (χ3n) is 2.81. The number of benzene rings is 1. The van der Waals surface area contributed by atoms with Crippen LogP contribution < -0.4 is 10.6 Å². The zero-order chi connectivity index (χ0) is 14.4. The van der Waals surface area contributed by atoms with Gasteiger partial charge in [-0.15, -0.1) is 0 Å². The Bertz CT molecular complexity index is 448. The smallest absolute Gasteiger partial charge is 0.413 e. The van der Waals surface area contributed by atoms with Crippen molar-refractivity contribution in [1.29, 1.82) is 0 Å². The molecule has 1 aromatic carbocycles. The fraction of sp³-hybridized carbons (Fsp3) is 0.385. The number of nitrogens with one attached hydrogen (secondary N) is 2. The van der Waals surface area contributed by atoms with Gasteiger partial charge in [-0.1, -0.05) is 18.5 Å². The van der Waals surface area contributed by atoms with E-state index in [1.165, 1.54) is 7.11 Å². The lowest BCUT2D eigenvalue weighted by atomic mass is 10.0. The molecule has 0 spiro atoms. The maximum absolute atomic E-state index is 11.7. The summed E-state index contributed by atoms with van der Waals surface area (Å²) in [5.41, 5.74) is 0.856. The first-order valence-electron chi connectivity index (χ1n) is 5.85. The normalized spacial score (nSPS) is 13.3. The first kappa shape index (κ1) is 15.3. The summed E-state index contributed by atoms with van der Waals surface area (Å²) in [5, 5.41) is 5.96. The number of hydrogen-bond donors (Lipinski definition) is 2. The molecular formula is C13H17ClN2O3. The average molecular weight is 285 g/mol. The minimum Gasteiger partial charge on any atom is -0.453 e. The monoisotopic (exact) mass is 284 g/mol.